The van der Waals surface area contributed by atoms with Crippen LogP contribution in [0.25, 0.3) is 11.1 Å². The van der Waals surface area contributed by atoms with Crippen molar-refractivity contribution in [2.45, 2.75) is 12.6 Å². The molecule has 0 bridgehead atoms. The van der Waals surface area contributed by atoms with Gasteiger partial charge in [0.15, 0.2) is 6.10 Å². The smallest absolute Gasteiger partial charge is 0.333 e. The van der Waals surface area contributed by atoms with E-state index < -0.39 is 30.1 Å². The molecule has 3 rings (SSSR count). The fourth-order valence-corrected chi connectivity index (χ4v) is 3.09. The maximum Gasteiger partial charge on any atom is 0.333 e. The number of hydrazine groups is 1. The van der Waals surface area contributed by atoms with Gasteiger partial charge in [0.25, 0.3) is 5.56 Å². The molecule has 1 amide bonds. The lowest BCUT2D eigenvalue weighted by Gasteiger charge is -2.24. The van der Waals surface area contributed by atoms with Crippen LogP contribution in [-0.4, -0.2) is 44.9 Å². The number of H-pyrrole nitrogens is 1. The molecule has 0 unspecified atom stereocenters. The van der Waals surface area contributed by atoms with Gasteiger partial charge in [-0.15, -0.1) is 0 Å². The maximum absolute atomic E-state index is 12.3. The second-order valence-corrected chi connectivity index (χ2v) is 7.18. The zero-order valence-electron chi connectivity index (χ0n) is 16.4. The first-order chi connectivity index (χ1) is 15.3. The summed E-state index contributed by atoms with van der Waals surface area (Å²) in [5.74, 6) is -2.66. The normalized spacial score (nSPS) is 11.7. The van der Waals surface area contributed by atoms with Gasteiger partial charge in [0.05, 0.1) is 24.2 Å². The van der Waals surface area contributed by atoms with Crippen molar-refractivity contribution < 1.29 is 24.3 Å². The molecule has 1 atom stereocenters. The van der Waals surface area contributed by atoms with Crippen molar-refractivity contribution in [2.75, 3.05) is 6.54 Å². The van der Waals surface area contributed by atoms with E-state index in [-0.39, 0.29) is 17.9 Å². The van der Waals surface area contributed by atoms with Gasteiger partial charge in [-0.3, -0.25) is 15.0 Å². The number of carbonyl (C=O) groups excluding carboxylic acids is 1. The third-order valence-corrected chi connectivity index (χ3v) is 4.67. The third-order valence-electron chi connectivity index (χ3n) is 4.44. The highest BCUT2D eigenvalue weighted by Gasteiger charge is 2.22. The van der Waals surface area contributed by atoms with Crippen molar-refractivity contribution >= 4 is 23.5 Å². The van der Waals surface area contributed by atoms with Crippen LogP contribution in [-0.2, 0) is 11.3 Å². The number of rotatable bonds is 8. The van der Waals surface area contributed by atoms with Crippen LogP contribution in [0, 0.1) is 11.3 Å². The number of hydrogen-bond donors (Lipinski definition) is 4. The number of hydrogen-bond acceptors (Lipinski definition) is 7. The topological polar surface area (TPSA) is 160 Å². The molecule has 3 aromatic rings. The van der Waals surface area contributed by atoms with Crippen molar-refractivity contribution in [3.63, 3.8) is 0 Å². The molecule has 2 aromatic carbocycles. The van der Waals surface area contributed by atoms with Gasteiger partial charge in [-0.2, -0.15) is 10.4 Å². The van der Waals surface area contributed by atoms with Gasteiger partial charge in [0, 0.05) is 11.6 Å². The van der Waals surface area contributed by atoms with Gasteiger partial charge in [0.1, 0.15) is 0 Å². The molecule has 1 aromatic heterocycles. The molecule has 32 heavy (non-hydrogen) atoms. The number of nitrogens with one attached hydrogen (secondary N) is 2. The van der Waals surface area contributed by atoms with Gasteiger partial charge in [0.2, 0.25) is 5.76 Å². The standard InChI is InChI=1S/C21H17ClN4O6/c22-16-3-1-2-12(7-16)13-4-5-14(15(6-13)9-23)10-26(11-17(27)21(30)31)24-20(29)18-8-19(28)25-32-18/h1-8,17,27H,10-11H2,(H,24,29)(H,25,28)(H,30,31)/t17-/m1/s1. The molecule has 164 valence electrons. The Labute approximate surface area is 186 Å². The van der Waals surface area contributed by atoms with E-state index in [2.05, 4.69) is 11.5 Å². The fraction of sp³-hybridized carbons (Fsp3) is 0.143. The average Bonchev–Trinajstić information content (AvgIpc) is 3.20. The number of carboxylic acid groups (broad SMARTS) is 1. The van der Waals surface area contributed by atoms with Gasteiger partial charge in [-0.25, -0.2) is 9.80 Å². The lowest BCUT2D eigenvalue weighted by Crippen LogP contribution is -2.47. The van der Waals surface area contributed by atoms with E-state index in [9.17, 15) is 24.8 Å². The van der Waals surface area contributed by atoms with Crippen LogP contribution >= 0.6 is 11.6 Å². The Morgan fingerprint density at radius 1 is 1.22 bits per heavy atom. The number of aromatic amines is 1. The minimum atomic E-state index is -1.81. The van der Waals surface area contributed by atoms with Crippen molar-refractivity contribution in [3.05, 3.63) is 80.8 Å². The van der Waals surface area contributed by atoms with Gasteiger partial charge < -0.3 is 14.7 Å². The zero-order valence-corrected chi connectivity index (χ0v) is 17.2. The van der Waals surface area contributed by atoms with Crippen LogP contribution in [0.4, 0.5) is 0 Å². The van der Waals surface area contributed by atoms with Crippen molar-refractivity contribution in [1.29, 1.82) is 5.26 Å². The van der Waals surface area contributed by atoms with Crippen molar-refractivity contribution in [2.24, 2.45) is 0 Å². The van der Waals surface area contributed by atoms with Crippen molar-refractivity contribution in [1.82, 2.24) is 15.6 Å². The monoisotopic (exact) mass is 456 g/mol. The van der Waals surface area contributed by atoms with E-state index in [0.29, 0.717) is 10.6 Å². The number of amides is 1. The molecule has 4 N–H and O–H groups in total. The number of benzene rings is 2. The van der Waals surface area contributed by atoms with Gasteiger partial charge in [-0.05, 0) is 34.9 Å². The van der Waals surface area contributed by atoms with Gasteiger partial charge in [-0.1, -0.05) is 35.9 Å². The molecule has 0 aliphatic carbocycles. The predicted molar refractivity (Wildman–Crippen MR) is 112 cm³/mol. The first-order valence-corrected chi connectivity index (χ1v) is 9.59. The number of aliphatic hydroxyl groups is 1. The number of carboxylic acids is 1. The Hall–Kier alpha value is -3.91. The number of carbonyl (C=O) groups is 2. The predicted octanol–water partition coefficient (Wildman–Crippen LogP) is 1.75. The highest BCUT2D eigenvalue weighted by Crippen LogP contribution is 2.25. The van der Waals surface area contributed by atoms with E-state index in [0.717, 1.165) is 22.2 Å². The first-order valence-electron chi connectivity index (χ1n) is 9.21. The van der Waals surface area contributed by atoms with E-state index in [1.54, 1.807) is 36.4 Å². The fourth-order valence-electron chi connectivity index (χ4n) is 2.90. The molecular weight excluding hydrogens is 440 g/mol. The van der Waals surface area contributed by atoms with Crippen LogP contribution in [0.15, 0.2) is 57.8 Å². The number of aliphatic hydroxyl groups excluding tert-OH is 1. The number of halogens is 1. The summed E-state index contributed by atoms with van der Waals surface area (Å²) in [5, 5.41) is 32.0. The molecular formula is C21H17ClN4O6. The van der Waals surface area contributed by atoms with Crippen LogP contribution in [0.3, 0.4) is 0 Å². The van der Waals surface area contributed by atoms with Crippen LogP contribution in [0.5, 0.6) is 0 Å². The third kappa shape index (κ3) is 5.61. The van der Waals surface area contributed by atoms with E-state index in [4.69, 9.17) is 21.2 Å². The Balaban J connectivity index is 1.87. The Morgan fingerprint density at radius 3 is 2.59 bits per heavy atom. The van der Waals surface area contributed by atoms with E-state index >= 15 is 0 Å². The number of aromatic nitrogens is 1. The van der Waals surface area contributed by atoms with Crippen LogP contribution in [0.2, 0.25) is 5.02 Å². The molecule has 0 saturated heterocycles. The Morgan fingerprint density at radius 2 is 1.97 bits per heavy atom. The minimum Gasteiger partial charge on any atom is -0.479 e. The van der Waals surface area contributed by atoms with Crippen molar-refractivity contribution in [3.8, 4) is 17.2 Å². The zero-order chi connectivity index (χ0) is 23.3. The molecule has 0 aliphatic heterocycles. The minimum absolute atomic E-state index is 0.108. The Kier molecular flexibility index (Phi) is 7.07. The number of nitriles is 1. The lowest BCUT2D eigenvalue weighted by atomic mass is 9.99. The highest BCUT2D eigenvalue weighted by molar-refractivity contribution is 6.30. The Bertz CT molecular complexity index is 1250. The van der Waals surface area contributed by atoms with Crippen LogP contribution in [0.1, 0.15) is 21.7 Å². The summed E-state index contributed by atoms with van der Waals surface area (Å²) in [5.41, 5.74) is 4.03. The summed E-state index contributed by atoms with van der Waals surface area (Å²) in [4.78, 5) is 34.6. The molecule has 0 aliphatic rings. The second kappa shape index (κ2) is 9.93. The second-order valence-electron chi connectivity index (χ2n) is 6.75. The summed E-state index contributed by atoms with van der Waals surface area (Å²) in [6.07, 6.45) is -1.81. The molecule has 0 fully saturated rings. The van der Waals surface area contributed by atoms with E-state index in [1.807, 2.05) is 11.2 Å². The quantitative estimate of drug-likeness (QED) is 0.373. The summed E-state index contributed by atoms with van der Waals surface area (Å²) >= 11 is 6.03. The number of nitrogens with zero attached hydrogens (tertiary/aromatic N) is 2. The molecule has 10 nitrogen and oxygen atoms in total. The van der Waals surface area contributed by atoms with E-state index in [1.165, 1.54) is 0 Å². The lowest BCUT2D eigenvalue weighted by molar-refractivity contribution is -0.148. The molecule has 0 saturated carbocycles. The average molecular weight is 457 g/mol. The summed E-state index contributed by atoms with van der Waals surface area (Å²) in [6, 6.07) is 15.1. The van der Waals surface area contributed by atoms with Crippen LogP contribution < -0.4 is 11.0 Å². The molecule has 0 spiro atoms. The summed E-state index contributed by atoms with van der Waals surface area (Å²) in [7, 11) is 0. The molecule has 1 heterocycles. The maximum atomic E-state index is 12.3. The highest BCUT2D eigenvalue weighted by atomic mass is 35.5. The summed E-state index contributed by atoms with van der Waals surface area (Å²) in [6.45, 7) is -0.597. The molecule has 0 radical (unpaired) electrons. The first kappa shape index (κ1) is 22.8. The number of aliphatic carboxylic acids is 1. The SMILES string of the molecule is N#Cc1cc(-c2cccc(Cl)c2)ccc1CN(C[C@@H](O)C(=O)O)NC(=O)c1cc(=O)[nH]o1. The largest absolute Gasteiger partial charge is 0.479 e. The molecule has 11 heteroatoms. The summed E-state index contributed by atoms with van der Waals surface area (Å²) < 4.78 is 4.73. The van der Waals surface area contributed by atoms with Gasteiger partial charge >= 0.3 is 11.9 Å².